The van der Waals surface area contributed by atoms with Crippen LogP contribution < -0.4 is 10.1 Å². The van der Waals surface area contributed by atoms with Crippen molar-refractivity contribution in [2.45, 2.75) is 20.4 Å². The van der Waals surface area contributed by atoms with Gasteiger partial charge < -0.3 is 14.6 Å². The summed E-state index contributed by atoms with van der Waals surface area (Å²) in [6.07, 6.45) is 0. The number of amides is 1. The molecule has 1 amide bonds. The standard InChI is InChI=1S/C19H20N2O2/c1-4-21-16-11-7-5-9-14(16)13(2)18(21)19(22)20-15-10-6-8-12-17(15)23-3/h5-12H,4H2,1-3H3,(H,20,22). The van der Waals surface area contributed by atoms with Crippen molar-refractivity contribution >= 4 is 22.5 Å². The van der Waals surface area contributed by atoms with Gasteiger partial charge in [0, 0.05) is 17.4 Å². The van der Waals surface area contributed by atoms with E-state index in [9.17, 15) is 4.79 Å². The predicted octanol–water partition coefficient (Wildman–Crippen LogP) is 4.23. The molecule has 2 aromatic carbocycles. The third kappa shape index (κ3) is 2.57. The molecule has 0 fully saturated rings. The number of methoxy groups -OCH3 is 1. The first-order chi connectivity index (χ1) is 11.2. The summed E-state index contributed by atoms with van der Waals surface area (Å²) < 4.78 is 7.36. The molecule has 1 aromatic heterocycles. The first-order valence-corrected chi connectivity index (χ1v) is 7.69. The van der Waals surface area contributed by atoms with E-state index in [4.69, 9.17) is 4.74 Å². The lowest BCUT2D eigenvalue weighted by molar-refractivity contribution is 0.101. The average Bonchev–Trinajstić information content (AvgIpc) is 2.88. The molecule has 0 saturated heterocycles. The van der Waals surface area contributed by atoms with E-state index in [0.717, 1.165) is 23.0 Å². The van der Waals surface area contributed by atoms with Crippen molar-refractivity contribution in [3.05, 3.63) is 59.8 Å². The van der Waals surface area contributed by atoms with Gasteiger partial charge in [-0.15, -0.1) is 0 Å². The molecule has 0 radical (unpaired) electrons. The van der Waals surface area contributed by atoms with Gasteiger partial charge in [0.15, 0.2) is 0 Å². The normalized spacial score (nSPS) is 10.7. The van der Waals surface area contributed by atoms with Gasteiger partial charge in [-0.3, -0.25) is 4.79 Å². The van der Waals surface area contributed by atoms with E-state index in [2.05, 4.69) is 16.0 Å². The summed E-state index contributed by atoms with van der Waals surface area (Å²) in [6.45, 7) is 4.78. The Labute approximate surface area is 135 Å². The Morgan fingerprint density at radius 2 is 1.83 bits per heavy atom. The van der Waals surface area contributed by atoms with Gasteiger partial charge in [0.1, 0.15) is 11.4 Å². The molecule has 23 heavy (non-hydrogen) atoms. The van der Waals surface area contributed by atoms with E-state index in [0.29, 0.717) is 17.1 Å². The number of fused-ring (bicyclic) bond motifs is 1. The Balaban J connectivity index is 2.06. The van der Waals surface area contributed by atoms with Gasteiger partial charge in [0.25, 0.3) is 5.91 Å². The van der Waals surface area contributed by atoms with Gasteiger partial charge >= 0.3 is 0 Å². The fourth-order valence-electron chi connectivity index (χ4n) is 3.03. The minimum Gasteiger partial charge on any atom is -0.495 e. The van der Waals surface area contributed by atoms with E-state index in [1.54, 1.807) is 7.11 Å². The molecule has 0 aliphatic rings. The Morgan fingerprint density at radius 1 is 1.13 bits per heavy atom. The Hall–Kier alpha value is -2.75. The number of anilines is 1. The van der Waals surface area contributed by atoms with Gasteiger partial charge in [-0.05, 0) is 37.6 Å². The number of rotatable bonds is 4. The summed E-state index contributed by atoms with van der Waals surface area (Å²) in [4.78, 5) is 12.9. The highest BCUT2D eigenvalue weighted by Gasteiger charge is 2.20. The molecule has 1 heterocycles. The maximum Gasteiger partial charge on any atom is 0.272 e. The lowest BCUT2D eigenvalue weighted by Crippen LogP contribution is -2.18. The van der Waals surface area contributed by atoms with Crippen molar-refractivity contribution in [1.82, 2.24) is 4.57 Å². The van der Waals surface area contributed by atoms with Crippen LogP contribution in [-0.4, -0.2) is 17.6 Å². The molecule has 0 aliphatic heterocycles. The summed E-state index contributed by atoms with van der Waals surface area (Å²) in [6, 6.07) is 15.5. The van der Waals surface area contributed by atoms with Crippen LogP contribution in [0.4, 0.5) is 5.69 Å². The molecule has 0 bridgehead atoms. The predicted molar refractivity (Wildman–Crippen MR) is 93.3 cm³/mol. The number of hydrogen-bond donors (Lipinski definition) is 1. The number of benzene rings is 2. The van der Waals surface area contributed by atoms with E-state index in [1.807, 2.05) is 56.3 Å². The number of carbonyl (C=O) groups is 1. The topological polar surface area (TPSA) is 43.3 Å². The summed E-state index contributed by atoms with van der Waals surface area (Å²) in [5.41, 5.74) is 3.44. The monoisotopic (exact) mass is 308 g/mol. The van der Waals surface area contributed by atoms with Crippen LogP contribution in [0.1, 0.15) is 23.0 Å². The molecule has 0 aliphatic carbocycles. The molecule has 3 aromatic rings. The summed E-state index contributed by atoms with van der Waals surface area (Å²) in [5, 5.41) is 4.08. The van der Waals surface area contributed by atoms with Gasteiger partial charge in [0.2, 0.25) is 0 Å². The lowest BCUT2D eigenvalue weighted by atomic mass is 10.1. The van der Waals surface area contributed by atoms with Crippen LogP contribution in [-0.2, 0) is 6.54 Å². The molecular weight excluding hydrogens is 288 g/mol. The Morgan fingerprint density at radius 3 is 2.57 bits per heavy atom. The number of nitrogens with one attached hydrogen (secondary N) is 1. The minimum atomic E-state index is -0.120. The summed E-state index contributed by atoms with van der Waals surface area (Å²) in [5.74, 6) is 0.530. The number of aromatic nitrogens is 1. The number of carbonyl (C=O) groups excluding carboxylic acids is 1. The Kier molecular flexibility index (Phi) is 4.06. The van der Waals surface area contributed by atoms with E-state index >= 15 is 0 Å². The largest absolute Gasteiger partial charge is 0.495 e. The van der Waals surface area contributed by atoms with Crippen molar-refractivity contribution in [3.63, 3.8) is 0 Å². The maximum atomic E-state index is 12.9. The highest BCUT2D eigenvalue weighted by Crippen LogP contribution is 2.28. The number of hydrogen-bond acceptors (Lipinski definition) is 2. The molecular formula is C19H20N2O2. The quantitative estimate of drug-likeness (QED) is 0.784. The van der Waals surface area contributed by atoms with E-state index < -0.39 is 0 Å². The van der Waals surface area contributed by atoms with Crippen LogP contribution in [0.25, 0.3) is 10.9 Å². The molecule has 0 atom stereocenters. The molecule has 3 rings (SSSR count). The zero-order valence-corrected chi connectivity index (χ0v) is 13.6. The fraction of sp³-hybridized carbons (Fsp3) is 0.211. The van der Waals surface area contributed by atoms with Crippen LogP contribution >= 0.6 is 0 Å². The first-order valence-electron chi connectivity index (χ1n) is 7.69. The minimum absolute atomic E-state index is 0.120. The van der Waals surface area contributed by atoms with Crippen LogP contribution in [0.3, 0.4) is 0 Å². The zero-order chi connectivity index (χ0) is 16.4. The fourth-order valence-corrected chi connectivity index (χ4v) is 3.03. The van der Waals surface area contributed by atoms with Crippen LogP contribution in [0.5, 0.6) is 5.75 Å². The summed E-state index contributed by atoms with van der Waals surface area (Å²) >= 11 is 0. The molecule has 0 unspecified atom stereocenters. The van der Waals surface area contributed by atoms with Crippen LogP contribution in [0.2, 0.25) is 0 Å². The smallest absolute Gasteiger partial charge is 0.272 e. The van der Waals surface area contributed by atoms with E-state index in [-0.39, 0.29) is 5.91 Å². The SMILES string of the molecule is CCn1c(C(=O)Nc2ccccc2OC)c(C)c2ccccc21. The van der Waals surface area contributed by atoms with Gasteiger partial charge in [-0.25, -0.2) is 0 Å². The summed E-state index contributed by atoms with van der Waals surface area (Å²) in [7, 11) is 1.60. The molecule has 118 valence electrons. The van der Waals surface area contributed by atoms with Crippen molar-refractivity contribution in [1.29, 1.82) is 0 Å². The highest BCUT2D eigenvalue weighted by atomic mass is 16.5. The van der Waals surface area contributed by atoms with Gasteiger partial charge in [-0.1, -0.05) is 30.3 Å². The number of para-hydroxylation sites is 3. The molecule has 4 nitrogen and oxygen atoms in total. The molecule has 4 heteroatoms. The molecule has 1 N–H and O–H groups in total. The van der Waals surface area contributed by atoms with E-state index in [1.165, 1.54) is 0 Å². The van der Waals surface area contributed by atoms with Crippen LogP contribution in [0.15, 0.2) is 48.5 Å². The number of aryl methyl sites for hydroxylation is 2. The lowest BCUT2D eigenvalue weighted by Gasteiger charge is -2.12. The average molecular weight is 308 g/mol. The van der Waals surface area contributed by atoms with Crippen molar-refractivity contribution in [2.75, 3.05) is 12.4 Å². The second kappa shape index (κ2) is 6.16. The van der Waals surface area contributed by atoms with Gasteiger partial charge in [-0.2, -0.15) is 0 Å². The van der Waals surface area contributed by atoms with Crippen molar-refractivity contribution in [2.24, 2.45) is 0 Å². The van der Waals surface area contributed by atoms with Crippen molar-refractivity contribution < 1.29 is 9.53 Å². The molecule has 0 spiro atoms. The Bertz CT molecular complexity index is 865. The second-order valence-corrected chi connectivity index (χ2v) is 5.39. The highest BCUT2D eigenvalue weighted by molar-refractivity contribution is 6.08. The number of ether oxygens (including phenoxy) is 1. The zero-order valence-electron chi connectivity index (χ0n) is 13.6. The third-order valence-electron chi connectivity index (χ3n) is 4.11. The second-order valence-electron chi connectivity index (χ2n) is 5.39. The molecule has 0 saturated carbocycles. The van der Waals surface area contributed by atoms with Crippen LogP contribution in [0, 0.1) is 6.92 Å². The van der Waals surface area contributed by atoms with Gasteiger partial charge in [0.05, 0.1) is 12.8 Å². The first kappa shape index (κ1) is 15.2. The maximum absolute atomic E-state index is 12.9. The third-order valence-corrected chi connectivity index (χ3v) is 4.11. The van der Waals surface area contributed by atoms with Crippen molar-refractivity contribution in [3.8, 4) is 5.75 Å². The number of nitrogens with zero attached hydrogens (tertiary/aromatic N) is 1.